The molecular weight excluding hydrogens is 230 g/mol. The molecule has 17 heavy (non-hydrogen) atoms. The SMILES string of the molecule is Cc1cn(-c2ccc(F)c(F)c2)nc1C(=O)O. The minimum Gasteiger partial charge on any atom is -0.476 e. The molecule has 0 aliphatic rings. The van der Waals surface area contributed by atoms with E-state index in [1.807, 2.05) is 0 Å². The Hall–Kier alpha value is -2.24. The molecule has 4 nitrogen and oxygen atoms in total. The van der Waals surface area contributed by atoms with E-state index in [0.717, 1.165) is 12.1 Å². The van der Waals surface area contributed by atoms with Crippen LogP contribution < -0.4 is 0 Å². The average molecular weight is 238 g/mol. The third-order valence-corrected chi connectivity index (χ3v) is 2.27. The van der Waals surface area contributed by atoms with E-state index in [4.69, 9.17) is 5.11 Å². The van der Waals surface area contributed by atoms with Gasteiger partial charge < -0.3 is 5.11 Å². The number of rotatable bonds is 2. The summed E-state index contributed by atoms with van der Waals surface area (Å²) < 4.78 is 26.9. The van der Waals surface area contributed by atoms with Crippen molar-refractivity contribution in [1.82, 2.24) is 9.78 Å². The van der Waals surface area contributed by atoms with Crippen LogP contribution in [0.25, 0.3) is 5.69 Å². The molecule has 0 radical (unpaired) electrons. The molecule has 1 heterocycles. The van der Waals surface area contributed by atoms with Crippen molar-refractivity contribution in [2.45, 2.75) is 6.92 Å². The van der Waals surface area contributed by atoms with Crippen molar-refractivity contribution < 1.29 is 18.7 Å². The molecule has 0 amide bonds. The zero-order chi connectivity index (χ0) is 12.6. The van der Waals surface area contributed by atoms with Gasteiger partial charge in [-0.05, 0) is 19.1 Å². The first-order valence-electron chi connectivity index (χ1n) is 4.74. The van der Waals surface area contributed by atoms with Crippen molar-refractivity contribution in [3.8, 4) is 5.69 Å². The molecule has 0 saturated heterocycles. The Morgan fingerprint density at radius 2 is 2.06 bits per heavy atom. The summed E-state index contributed by atoms with van der Waals surface area (Å²) >= 11 is 0. The lowest BCUT2D eigenvalue weighted by molar-refractivity contribution is 0.0689. The summed E-state index contributed by atoms with van der Waals surface area (Å²) in [5.74, 6) is -3.13. The highest BCUT2D eigenvalue weighted by Crippen LogP contribution is 2.14. The molecule has 2 aromatic rings. The summed E-state index contributed by atoms with van der Waals surface area (Å²) in [5.41, 5.74) is 0.594. The molecule has 2 rings (SSSR count). The first-order chi connectivity index (χ1) is 7.99. The van der Waals surface area contributed by atoms with Gasteiger partial charge in [0.25, 0.3) is 0 Å². The van der Waals surface area contributed by atoms with Gasteiger partial charge in [0.05, 0.1) is 5.69 Å². The molecule has 0 unspecified atom stereocenters. The highest BCUT2D eigenvalue weighted by molar-refractivity contribution is 5.86. The maximum atomic E-state index is 13.0. The van der Waals surface area contributed by atoms with Gasteiger partial charge in [-0.15, -0.1) is 0 Å². The summed E-state index contributed by atoms with van der Waals surface area (Å²) in [6.45, 7) is 1.58. The van der Waals surface area contributed by atoms with E-state index in [1.165, 1.54) is 16.9 Å². The summed E-state index contributed by atoms with van der Waals surface area (Å²) in [5, 5.41) is 12.6. The Morgan fingerprint density at radius 1 is 1.35 bits per heavy atom. The quantitative estimate of drug-likeness (QED) is 0.872. The topological polar surface area (TPSA) is 55.1 Å². The number of aryl methyl sites for hydroxylation is 1. The van der Waals surface area contributed by atoms with Gasteiger partial charge in [-0.3, -0.25) is 0 Å². The number of halogens is 2. The van der Waals surface area contributed by atoms with E-state index < -0.39 is 17.6 Å². The largest absolute Gasteiger partial charge is 0.476 e. The van der Waals surface area contributed by atoms with E-state index in [-0.39, 0.29) is 11.4 Å². The van der Waals surface area contributed by atoms with Crippen molar-refractivity contribution in [1.29, 1.82) is 0 Å². The molecule has 0 spiro atoms. The second kappa shape index (κ2) is 3.97. The van der Waals surface area contributed by atoms with Gasteiger partial charge in [0.15, 0.2) is 17.3 Å². The summed E-state index contributed by atoms with van der Waals surface area (Å²) in [7, 11) is 0. The third kappa shape index (κ3) is 2.01. The standard InChI is InChI=1S/C11H8F2N2O2/c1-6-5-15(14-10(6)11(16)17)7-2-3-8(12)9(13)4-7/h2-5H,1H3,(H,16,17). The normalized spacial score (nSPS) is 10.5. The first kappa shape index (κ1) is 11.3. The molecule has 0 atom stereocenters. The maximum absolute atomic E-state index is 13.0. The van der Waals surface area contributed by atoms with Crippen LogP contribution in [-0.2, 0) is 0 Å². The Kier molecular flexibility index (Phi) is 2.63. The molecule has 0 aliphatic carbocycles. The van der Waals surface area contributed by atoms with Crippen molar-refractivity contribution >= 4 is 5.97 Å². The lowest BCUT2D eigenvalue weighted by Crippen LogP contribution is -2.02. The molecule has 6 heteroatoms. The zero-order valence-corrected chi connectivity index (χ0v) is 8.82. The van der Waals surface area contributed by atoms with Crippen LogP contribution in [-0.4, -0.2) is 20.9 Å². The van der Waals surface area contributed by atoms with Gasteiger partial charge in [-0.2, -0.15) is 5.10 Å². The number of aromatic nitrogens is 2. The van der Waals surface area contributed by atoms with E-state index in [1.54, 1.807) is 6.92 Å². The number of aromatic carboxylic acids is 1. The van der Waals surface area contributed by atoms with Crippen LogP contribution >= 0.6 is 0 Å². The summed E-state index contributed by atoms with van der Waals surface area (Å²) in [4.78, 5) is 10.8. The van der Waals surface area contributed by atoms with Gasteiger partial charge in [0.1, 0.15) is 0 Å². The molecule has 0 aliphatic heterocycles. The number of benzene rings is 1. The molecular formula is C11H8F2N2O2. The number of hydrogen-bond acceptors (Lipinski definition) is 2. The van der Waals surface area contributed by atoms with Gasteiger partial charge in [0, 0.05) is 17.8 Å². The van der Waals surface area contributed by atoms with E-state index in [9.17, 15) is 13.6 Å². The zero-order valence-electron chi connectivity index (χ0n) is 8.82. The fourth-order valence-electron chi connectivity index (χ4n) is 1.43. The Morgan fingerprint density at radius 3 is 2.59 bits per heavy atom. The predicted molar refractivity (Wildman–Crippen MR) is 55.2 cm³/mol. The lowest BCUT2D eigenvalue weighted by atomic mass is 10.3. The number of carbonyl (C=O) groups is 1. The van der Waals surface area contributed by atoms with Crippen LogP contribution in [0, 0.1) is 18.6 Å². The van der Waals surface area contributed by atoms with E-state index in [2.05, 4.69) is 5.10 Å². The molecule has 1 N–H and O–H groups in total. The monoisotopic (exact) mass is 238 g/mol. The number of carboxylic acids is 1. The Labute approximate surface area is 95.1 Å². The van der Waals surface area contributed by atoms with Gasteiger partial charge >= 0.3 is 5.97 Å². The molecule has 0 bridgehead atoms. The predicted octanol–water partition coefficient (Wildman–Crippen LogP) is 2.16. The van der Waals surface area contributed by atoms with Crippen LogP contribution in [0.15, 0.2) is 24.4 Å². The summed E-state index contributed by atoms with van der Waals surface area (Å²) in [6, 6.07) is 3.23. The smallest absolute Gasteiger partial charge is 0.356 e. The number of nitrogens with zero attached hydrogens (tertiary/aromatic N) is 2. The van der Waals surface area contributed by atoms with Crippen molar-refractivity contribution in [2.75, 3.05) is 0 Å². The lowest BCUT2D eigenvalue weighted by Gasteiger charge is -2.01. The first-order valence-corrected chi connectivity index (χ1v) is 4.74. The molecule has 0 fully saturated rings. The van der Waals surface area contributed by atoms with Crippen LogP contribution in [0.1, 0.15) is 16.1 Å². The van der Waals surface area contributed by atoms with Crippen LogP contribution in [0.5, 0.6) is 0 Å². The molecule has 0 saturated carbocycles. The fourth-order valence-corrected chi connectivity index (χ4v) is 1.43. The van der Waals surface area contributed by atoms with Gasteiger partial charge in [-0.1, -0.05) is 0 Å². The van der Waals surface area contributed by atoms with Gasteiger partial charge in [-0.25, -0.2) is 18.3 Å². The second-order valence-corrected chi connectivity index (χ2v) is 3.51. The van der Waals surface area contributed by atoms with Crippen LogP contribution in [0.2, 0.25) is 0 Å². The average Bonchev–Trinajstić information content (AvgIpc) is 2.64. The minimum absolute atomic E-state index is 0.116. The second-order valence-electron chi connectivity index (χ2n) is 3.51. The van der Waals surface area contributed by atoms with Crippen LogP contribution in [0.4, 0.5) is 8.78 Å². The van der Waals surface area contributed by atoms with Crippen molar-refractivity contribution in [3.63, 3.8) is 0 Å². The van der Waals surface area contributed by atoms with Crippen LogP contribution in [0.3, 0.4) is 0 Å². The highest BCUT2D eigenvalue weighted by atomic mass is 19.2. The number of carboxylic acid groups (broad SMARTS) is 1. The van der Waals surface area contributed by atoms with E-state index in [0.29, 0.717) is 5.56 Å². The fraction of sp³-hybridized carbons (Fsp3) is 0.0909. The third-order valence-electron chi connectivity index (χ3n) is 2.27. The highest BCUT2D eigenvalue weighted by Gasteiger charge is 2.13. The number of hydrogen-bond donors (Lipinski definition) is 1. The van der Waals surface area contributed by atoms with E-state index >= 15 is 0 Å². The van der Waals surface area contributed by atoms with Crippen molar-refractivity contribution in [3.05, 3.63) is 47.3 Å². The summed E-state index contributed by atoms with van der Waals surface area (Å²) in [6.07, 6.45) is 1.44. The molecule has 1 aromatic carbocycles. The Bertz CT molecular complexity index is 593. The maximum Gasteiger partial charge on any atom is 0.356 e. The Balaban J connectivity index is 2.50. The minimum atomic E-state index is -1.16. The van der Waals surface area contributed by atoms with Gasteiger partial charge in [0.2, 0.25) is 0 Å². The molecule has 88 valence electrons. The van der Waals surface area contributed by atoms with Crippen molar-refractivity contribution in [2.24, 2.45) is 0 Å². The molecule has 1 aromatic heterocycles.